The van der Waals surface area contributed by atoms with Crippen molar-refractivity contribution in [2.24, 2.45) is 0 Å². The third kappa shape index (κ3) is 54.5. The van der Waals surface area contributed by atoms with Crippen molar-refractivity contribution in [2.75, 3.05) is 31.8 Å². The first kappa shape index (κ1) is 42.7. The summed E-state index contributed by atoms with van der Waals surface area (Å²) in [6, 6.07) is 0. The van der Waals surface area contributed by atoms with E-state index in [4.69, 9.17) is 9.84 Å². The van der Waals surface area contributed by atoms with Crippen molar-refractivity contribution in [1.29, 1.82) is 0 Å². The topological polar surface area (TPSA) is 82.1 Å². The van der Waals surface area contributed by atoms with Gasteiger partial charge in [-0.05, 0) is 52.9 Å². The van der Waals surface area contributed by atoms with Gasteiger partial charge in [0.2, 0.25) is 0 Å². The molecule has 0 amide bonds. The molecule has 0 rings (SSSR count). The molecule has 0 aromatic heterocycles. The lowest BCUT2D eigenvalue weighted by molar-refractivity contribution is -0.142. The number of rotatable bonds is 15. The molecular formula is C31H53BrO6. The molecule has 7 heteroatoms. The SMILES string of the molecule is CC/C=C\C=C/CC(=O)OCC.CC/C=C\C=C/CCBr.CC/C=C\C=C/CCO.CCOC(=O)OCC. The molecule has 0 unspecified atom stereocenters. The second kappa shape index (κ2) is 44.6. The number of halogens is 1. The number of hydrogen-bond donors (Lipinski definition) is 1. The second-order valence-corrected chi connectivity index (χ2v) is 7.70. The highest BCUT2D eigenvalue weighted by Gasteiger charge is 1.96. The molecule has 0 atom stereocenters. The van der Waals surface area contributed by atoms with Crippen LogP contribution in [-0.4, -0.2) is 49.0 Å². The van der Waals surface area contributed by atoms with Gasteiger partial charge in [-0.3, -0.25) is 4.79 Å². The fourth-order valence-electron chi connectivity index (χ4n) is 1.87. The van der Waals surface area contributed by atoms with Crippen molar-refractivity contribution in [3.05, 3.63) is 72.9 Å². The molecule has 0 saturated heterocycles. The van der Waals surface area contributed by atoms with Crippen molar-refractivity contribution in [1.82, 2.24) is 0 Å². The minimum absolute atomic E-state index is 0.168. The quantitative estimate of drug-likeness (QED) is 0.115. The van der Waals surface area contributed by atoms with Crippen LogP contribution in [0.4, 0.5) is 4.79 Å². The fraction of sp³-hybridized carbons (Fsp3) is 0.548. The van der Waals surface area contributed by atoms with Gasteiger partial charge in [-0.1, -0.05) is 110 Å². The standard InChI is InChI=1S/C10H16O2.C8H13Br.C8H14O.C5H10O3/c1-3-5-6-7-8-9-10(11)12-4-2;2*1-2-3-4-5-6-7-8-9;1-3-7-5(6)8-4-2/h5-8H,3-4,9H2,1-2H3;3-6H,2,7-8H2,1H3;3-6,9H,2,7-8H2,1H3;3-4H2,1-2H3/b6-5-,8-7-;2*4-3-,6-5-;. The lowest BCUT2D eigenvalue weighted by atomic mass is 10.3. The maximum atomic E-state index is 10.8. The number of allylic oxidation sites excluding steroid dienone is 10. The Kier molecular flexibility index (Phi) is 50.1. The molecule has 0 aromatic rings. The number of hydrogen-bond acceptors (Lipinski definition) is 6. The smallest absolute Gasteiger partial charge is 0.466 e. The maximum Gasteiger partial charge on any atom is 0.508 e. The molecule has 0 aliphatic heterocycles. The van der Waals surface area contributed by atoms with E-state index in [1.165, 1.54) is 0 Å². The Morgan fingerprint density at radius 1 is 0.605 bits per heavy atom. The number of carbonyl (C=O) groups is 2. The molecule has 0 saturated carbocycles. The third-order valence-electron chi connectivity index (χ3n) is 3.54. The average molecular weight is 602 g/mol. The van der Waals surface area contributed by atoms with Crippen LogP contribution in [0, 0.1) is 0 Å². The van der Waals surface area contributed by atoms with E-state index in [-0.39, 0.29) is 12.6 Å². The van der Waals surface area contributed by atoms with E-state index in [1.54, 1.807) is 26.8 Å². The van der Waals surface area contributed by atoms with Gasteiger partial charge in [-0.2, -0.15) is 0 Å². The molecule has 0 fully saturated rings. The van der Waals surface area contributed by atoms with Gasteiger partial charge in [0, 0.05) is 11.9 Å². The predicted molar refractivity (Wildman–Crippen MR) is 166 cm³/mol. The molecule has 0 heterocycles. The first-order chi connectivity index (χ1) is 18.4. The zero-order valence-corrected chi connectivity index (χ0v) is 26.2. The van der Waals surface area contributed by atoms with Gasteiger partial charge in [0.05, 0.1) is 26.2 Å². The van der Waals surface area contributed by atoms with Crippen molar-refractivity contribution >= 4 is 28.1 Å². The Balaban J connectivity index is -0.000000205. The van der Waals surface area contributed by atoms with Crippen LogP contribution in [0.5, 0.6) is 0 Å². The van der Waals surface area contributed by atoms with E-state index >= 15 is 0 Å². The molecule has 0 aromatic carbocycles. The van der Waals surface area contributed by atoms with Gasteiger partial charge >= 0.3 is 12.1 Å². The first-order valence-electron chi connectivity index (χ1n) is 13.5. The molecule has 1 N–H and O–H groups in total. The molecule has 0 bridgehead atoms. The van der Waals surface area contributed by atoms with Crippen molar-refractivity contribution < 1.29 is 28.9 Å². The average Bonchev–Trinajstić information content (AvgIpc) is 2.90. The number of aliphatic hydroxyl groups excluding tert-OH is 1. The highest BCUT2D eigenvalue weighted by Crippen LogP contribution is 1.91. The molecule has 38 heavy (non-hydrogen) atoms. The van der Waals surface area contributed by atoms with Gasteiger partial charge in [0.15, 0.2) is 0 Å². The van der Waals surface area contributed by atoms with E-state index in [0.717, 1.165) is 37.4 Å². The number of aliphatic hydroxyl groups is 1. The van der Waals surface area contributed by atoms with E-state index < -0.39 is 6.16 Å². The third-order valence-corrected chi connectivity index (χ3v) is 4.00. The van der Waals surface area contributed by atoms with Gasteiger partial charge in [0.25, 0.3) is 0 Å². The van der Waals surface area contributed by atoms with Crippen LogP contribution in [0.3, 0.4) is 0 Å². The summed E-state index contributed by atoms with van der Waals surface area (Å²) in [6.07, 6.45) is 28.9. The zero-order chi connectivity index (χ0) is 29.5. The Morgan fingerprint density at radius 3 is 1.37 bits per heavy atom. The zero-order valence-electron chi connectivity index (χ0n) is 24.6. The van der Waals surface area contributed by atoms with Crippen LogP contribution in [0.1, 0.15) is 80.1 Å². The summed E-state index contributed by atoms with van der Waals surface area (Å²) in [5.41, 5.74) is 0. The molecule has 220 valence electrons. The van der Waals surface area contributed by atoms with Crippen molar-refractivity contribution in [3.8, 4) is 0 Å². The van der Waals surface area contributed by atoms with E-state index in [1.807, 2.05) is 36.5 Å². The molecule has 0 spiro atoms. The summed E-state index contributed by atoms with van der Waals surface area (Å²) < 4.78 is 13.6. The fourth-order valence-corrected chi connectivity index (χ4v) is 2.14. The van der Waals surface area contributed by atoms with Crippen molar-refractivity contribution in [2.45, 2.75) is 80.1 Å². The first-order valence-corrected chi connectivity index (χ1v) is 14.6. The van der Waals surface area contributed by atoms with Crippen LogP contribution in [0.25, 0.3) is 0 Å². The van der Waals surface area contributed by atoms with E-state index in [0.29, 0.717) is 26.2 Å². The Morgan fingerprint density at radius 2 is 1.00 bits per heavy atom. The van der Waals surface area contributed by atoms with E-state index in [9.17, 15) is 9.59 Å². The second-order valence-electron chi connectivity index (χ2n) is 6.91. The number of esters is 1. The Hall–Kier alpha value is -2.38. The molecule has 0 aliphatic rings. The van der Waals surface area contributed by atoms with Gasteiger partial charge in [-0.25, -0.2) is 4.79 Å². The van der Waals surface area contributed by atoms with Crippen LogP contribution in [0.2, 0.25) is 0 Å². The normalized spacial score (nSPS) is 10.8. The molecule has 0 radical (unpaired) electrons. The van der Waals surface area contributed by atoms with Crippen molar-refractivity contribution in [3.63, 3.8) is 0 Å². The van der Waals surface area contributed by atoms with Crippen LogP contribution >= 0.6 is 15.9 Å². The summed E-state index contributed by atoms with van der Waals surface area (Å²) in [5.74, 6) is -0.168. The number of ether oxygens (including phenoxy) is 3. The number of alkyl halides is 1. The lowest BCUT2D eigenvalue weighted by Gasteiger charge is -1.98. The number of carbonyl (C=O) groups excluding carboxylic acids is 2. The van der Waals surface area contributed by atoms with Gasteiger partial charge < -0.3 is 19.3 Å². The summed E-state index contributed by atoms with van der Waals surface area (Å²) in [5, 5.41) is 9.41. The van der Waals surface area contributed by atoms with E-state index in [2.05, 4.69) is 76.6 Å². The molecule has 0 aliphatic carbocycles. The summed E-state index contributed by atoms with van der Waals surface area (Å²) in [6.45, 7) is 13.0. The minimum atomic E-state index is -0.588. The molecular weight excluding hydrogens is 548 g/mol. The maximum absolute atomic E-state index is 10.8. The highest BCUT2D eigenvalue weighted by atomic mass is 79.9. The highest BCUT2D eigenvalue weighted by molar-refractivity contribution is 9.09. The van der Waals surface area contributed by atoms with Crippen LogP contribution in [-0.2, 0) is 19.0 Å². The minimum Gasteiger partial charge on any atom is -0.466 e. The summed E-state index contributed by atoms with van der Waals surface area (Å²) in [7, 11) is 0. The predicted octanol–water partition coefficient (Wildman–Crippen LogP) is 8.83. The Bertz CT molecular complexity index is 615. The van der Waals surface area contributed by atoms with Gasteiger partial charge in [-0.15, -0.1) is 0 Å². The summed E-state index contributed by atoms with van der Waals surface area (Å²) in [4.78, 5) is 21.0. The Labute approximate surface area is 241 Å². The van der Waals surface area contributed by atoms with Gasteiger partial charge in [0.1, 0.15) is 0 Å². The largest absolute Gasteiger partial charge is 0.508 e. The monoisotopic (exact) mass is 600 g/mol. The molecule has 6 nitrogen and oxygen atoms in total. The van der Waals surface area contributed by atoms with Crippen LogP contribution < -0.4 is 0 Å². The lowest BCUT2D eigenvalue weighted by Crippen LogP contribution is -2.05. The van der Waals surface area contributed by atoms with Crippen LogP contribution in [0.15, 0.2) is 72.9 Å². The summed E-state index contributed by atoms with van der Waals surface area (Å²) >= 11 is 3.34.